The van der Waals surface area contributed by atoms with E-state index in [0.717, 1.165) is 5.56 Å². The number of pyridine rings is 1. The van der Waals surface area contributed by atoms with Crippen molar-refractivity contribution in [3.63, 3.8) is 0 Å². The molecule has 1 amide bonds. The predicted octanol–water partition coefficient (Wildman–Crippen LogP) is 4.31. The Morgan fingerprint density at radius 2 is 1.81 bits per heavy atom. The third-order valence-electron chi connectivity index (χ3n) is 4.22. The number of methoxy groups -OCH3 is 2. The third-order valence-corrected chi connectivity index (χ3v) is 6.18. The molecule has 0 aliphatic rings. The zero-order chi connectivity index (χ0) is 23.1. The zero-order valence-corrected chi connectivity index (χ0v) is 19.6. The summed E-state index contributed by atoms with van der Waals surface area (Å²) in [6.07, 6.45) is 4.48. The Balaban J connectivity index is 1.67. The number of aromatic nitrogens is 1. The van der Waals surface area contributed by atoms with Crippen LogP contribution >= 0.6 is 15.9 Å². The smallest absolute Gasteiger partial charge is 0.263 e. The molecule has 3 rings (SSSR count). The number of anilines is 2. The summed E-state index contributed by atoms with van der Waals surface area (Å²) in [5.41, 5.74) is 1.18. The van der Waals surface area contributed by atoms with Crippen LogP contribution in [0.1, 0.15) is 5.56 Å². The van der Waals surface area contributed by atoms with Crippen LogP contribution in [-0.2, 0) is 14.8 Å². The molecule has 3 aromatic rings. The number of sulfonamides is 1. The molecule has 2 aromatic carbocycles. The monoisotopic (exact) mass is 517 g/mol. The van der Waals surface area contributed by atoms with Gasteiger partial charge in [0, 0.05) is 18.0 Å². The molecule has 0 aliphatic carbocycles. The van der Waals surface area contributed by atoms with Gasteiger partial charge < -0.3 is 14.8 Å². The molecule has 0 unspecified atom stereocenters. The molecule has 0 aliphatic heterocycles. The van der Waals surface area contributed by atoms with E-state index in [0.29, 0.717) is 21.7 Å². The van der Waals surface area contributed by atoms with E-state index in [1.54, 1.807) is 36.4 Å². The summed E-state index contributed by atoms with van der Waals surface area (Å²) in [6.45, 7) is 0. The van der Waals surface area contributed by atoms with E-state index in [1.165, 1.54) is 50.8 Å². The number of ether oxygens (including phenoxy) is 2. The first kappa shape index (κ1) is 23.3. The van der Waals surface area contributed by atoms with Crippen LogP contribution in [0.2, 0.25) is 0 Å². The highest BCUT2D eigenvalue weighted by atomic mass is 79.9. The minimum absolute atomic E-state index is 0.0480. The fraction of sp³-hybridized carbons (Fsp3) is 0.0909. The Hall–Kier alpha value is -3.37. The molecule has 0 atom stereocenters. The van der Waals surface area contributed by atoms with Crippen molar-refractivity contribution in [1.82, 2.24) is 4.98 Å². The summed E-state index contributed by atoms with van der Waals surface area (Å²) in [5.74, 6) is 0.926. The fourth-order valence-electron chi connectivity index (χ4n) is 2.73. The molecule has 0 fully saturated rings. The van der Waals surface area contributed by atoms with Crippen LogP contribution in [0.5, 0.6) is 11.5 Å². The Kier molecular flexibility index (Phi) is 7.49. The molecule has 32 heavy (non-hydrogen) atoms. The lowest BCUT2D eigenvalue weighted by Crippen LogP contribution is -2.14. The van der Waals surface area contributed by atoms with Gasteiger partial charge in [-0.25, -0.2) is 13.4 Å². The van der Waals surface area contributed by atoms with Crippen molar-refractivity contribution in [2.24, 2.45) is 0 Å². The van der Waals surface area contributed by atoms with E-state index in [9.17, 15) is 13.2 Å². The molecule has 8 nitrogen and oxygen atoms in total. The number of hydrogen-bond acceptors (Lipinski definition) is 6. The lowest BCUT2D eigenvalue weighted by Gasteiger charge is -2.10. The quantitative estimate of drug-likeness (QED) is 0.431. The van der Waals surface area contributed by atoms with E-state index in [4.69, 9.17) is 9.47 Å². The van der Waals surface area contributed by atoms with Crippen molar-refractivity contribution in [3.8, 4) is 11.5 Å². The Morgan fingerprint density at radius 1 is 1.06 bits per heavy atom. The highest BCUT2D eigenvalue weighted by molar-refractivity contribution is 9.10. The van der Waals surface area contributed by atoms with E-state index in [-0.39, 0.29) is 16.6 Å². The molecule has 0 bridgehead atoms. The van der Waals surface area contributed by atoms with Crippen LogP contribution in [0.25, 0.3) is 6.08 Å². The Labute approximate surface area is 194 Å². The average Bonchev–Trinajstić information content (AvgIpc) is 2.78. The van der Waals surface area contributed by atoms with Crippen molar-refractivity contribution in [1.29, 1.82) is 0 Å². The van der Waals surface area contributed by atoms with Gasteiger partial charge in [-0.15, -0.1) is 0 Å². The molecule has 2 N–H and O–H groups in total. The van der Waals surface area contributed by atoms with E-state index >= 15 is 0 Å². The molecule has 166 valence electrons. The maximum absolute atomic E-state index is 12.4. The minimum atomic E-state index is -3.79. The van der Waals surface area contributed by atoms with Gasteiger partial charge in [0.25, 0.3) is 10.0 Å². The molecule has 0 spiro atoms. The number of benzene rings is 2. The van der Waals surface area contributed by atoms with Gasteiger partial charge >= 0.3 is 0 Å². The van der Waals surface area contributed by atoms with Gasteiger partial charge in [-0.3, -0.25) is 9.52 Å². The number of carbonyl (C=O) groups is 1. The number of nitrogens with zero attached hydrogens (tertiary/aromatic N) is 1. The van der Waals surface area contributed by atoms with E-state index in [2.05, 4.69) is 31.0 Å². The van der Waals surface area contributed by atoms with Crippen LogP contribution < -0.4 is 19.5 Å². The molecular weight excluding hydrogens is 498 g/mol. The zero-order valence-electron chi connectivity index (χ0n) is 17.2. The molecule has 0 saturated carbocycles. The number of amides is 1. The normalized spacial score (nSPS) is 11.2. The molecule has 1 aromatic heterocycles. The van der Waals surface area contributed by atoms with Crippen molar-refractivity contribution in [2.75, 3.05) is 24.3 Å². The fourth-order valence-corrected chi connectivity index (χ4v) is 4.36. The second kappa shape index (κ2) is 10.3. The van der Waals surface area contributed by atoms with Crippen LogP contribution in [0.4, 0.5) is 11.5 Å². The standard InChI is InChI=1S/C22H20BrN3O5S/c1-30-19-14-15(13-18(23)22(19)31-2)6-11-21(27)25-16-7-9-17(10-8-16)32(28,29)26-20-5-3-4-12-24-20/h3-14H,1-2H3,(H,24,26)(H,25,27). The van der Waals surface area contributed by atoms with Crippen molar-refractivity contribution < 1.29 is 22.7 Å². The Bertz CT molecular complexity index is 1230. The third kappa shape index (κ3) is 5.86. The van der Waals surface area contributed by atoms with Crippen molar-refractivity contribution in [3.05, 3.63) is 76.9 Å². The number of carbonyl (C=O) groups excluding carboxylic acids is 1. The van der Waals surface area contributed by atoms with Gasteiger partial charge in [-0.2, -0.15) is 0 Å². The van der Waals surface area contributed by atoms with Gasteiger partial charge in [0.15, 0.2) is 11.5 Å². The first-order chi connectivity index (χ1) is 15.3. The van der Waals surface area contributed by atoms with E-state index < -0.39 is 10.0 Å². The molecule has 0 radical (unpaired) electrons. The molecular formula is C22H20BrN3O5S. The van der Waals surface area contributed by atoms with Crippen LogP contribution in [0.3, 0.4) is 0 Å². The first-order valence-corrected chi connectivity index (χ1v) is 11.5. The summed E-state index contributed by atoms with van der Waals surface area (Å²) < 4.78 is 38.5. The number of hydrogen-bond donors (Lipinski definition) is 2. The highest BCUT2D eigenvalue weighted by Crippen LogP contribution is 2.36. The lowest BCUT2D eigenvalue weighted by molar-refractivity contribution is -0.111. The molecule has 0 saturated heterocycles. The molecule has 1 heterocycles. The van der Waals surface area contributed by atoms with Gasteiger partial charge in [-0.05, 0) is 76.1 Å². The number of halogens is 1. The summed E-state index contributed by atoms with van der Waals surface area (Å²) in [6, 6.07) is 14.3. The minimum Gasteiger partial charge on any atom is -0.493 e. The van der Waals surface area contributed by atoms with Gasteiger partial charge in [0.2, 0.25) is 5.91 Å². The summed E-state index contributed by atoms with van der Waals surface area (Å²) in [7, 11) is -0.721. The van der Waals surface area contributed by atoms with Crippen LogP contribution in [0, 0.1) is 0 Å². The second-order valence-corrected chi connectivity index (χ2v) is 8.94. The van der Waals surface area contributed by atoms with Crippen LogP contribution in [-0.4, -0.2) is 33.5 Å². The number of nitrogens with one attached hydrogen (secondary N) is 2. The molecule has 10 heteroatoms. The van der Waals surface area contributed by atoms with Gasteiger partial charge in [0.05, 0.1) is 23.6 Å². The largest absolute Gasteiger partial charge is 0.493 e. The average molecular weight is 518 g/mol. The van der Waals surface area contributed by atoms with Gasteiger partial charge in [-0.1, -0.05) is 6.07 Å². The van der Waals surface area contributed by atoms with Crippen molar-refractivity contribution in [2.45, 2.75) is 4.90 Å². The SMILES string of the molecule is COc1cc(C=CC(=O)Nc2ccc(S(=O)(=O)Nc3ccccn3)cc2)cc(Br)c1OC. The maximum atomic E-state index is 12.4. The summed E-state index contributed by atoms with van der Waals surface area (Å²) in [4.78, 5) is 16.3. The lowest BCUT2D eigenvalue weighted by atomic mass is 10.2. The Morgan fingerprint density at radius 3 is 2.44 bits per heavy atom. The van der Waals surface area contributed by atoms with Crippen LogP contribution in [0.15, 0.2) is 76.2 Å². The highest BCUT2D eigenvalue weighted by Gasteiger charge is 2.15. The first-order valence-electron chi connectivity index (χ1n) is 9.27. The van der Waals surface area contributed by atoms with E-state index in [1.807, 2.05) is 0 Å². The summed E-state index contributed by atoms with van der Waals surface area (Å²) in [5, 5.41) is 2.69. The van der Waals surface area contributed by atoms with Gasteiger partial charge in [0.1, 0.15) is 5.82 Å². The topological polar surface area (TPSA) is 107 Å². The summed E-state index contributed by atoms with van der Waals surface area (Å²) >= 11 is 3.41. The van der Waals surface area contributed by atoms with Crippen molar-refractivity contribution >= 4 is 49.4 Å². The maximum Gasteiger partial charge on any atom is 0.263 e. The number of rotatable bonds is 8. The predicted molar refractivity (Wildman–Crippen MR) is 126 cm³/mol. The second-order valence-electron chi connectivity index (χ2n) is 6.41.